The molecule has 1 aromatic rings. The monoisotopic (exact) mass is 313 g/mol. The molecule has 1 fully saturated rings. The lowest BCUT2D eigenvalue weighted by molar-refractivity contribution is -0.149. The Hall–Kier alpha value is -1.01. The van der Waals surface area contributed by atoms with Crippen molar-refractivity contribution in [1.29, 1.82) is 0 Å². The predicted molar refractivity (Wildman–Crippen MR) is 81.2 cm³/mol. The van der Waals surface area contributed by atoms with Crippen molar-refractivity contribution in [1.82, 2.24) is 5.32 Å². The highest BCUT2D eigenvalue weighted by Gasteiger charge is 2.43. The van der Waals surface area contributed by atoms with Crippen molar-refractivity contribution in [3.8, 4) is 0 Å². The van der Waals surface area contributed by atoms with Crippen LogP contribution in [0.4, 0.5) is 0 Å². The summed E-state index contributed by atoms with van der Waals surface area (Å²) in [7, 11) is 0. The molecular weight excluding hydrogens is 294 g/mol. The molecule has 1 amide bonds. The van der Waals surface area contributed by atoms with Crippen LogP contribution >= 0.6 is 23.1 Å². The maximum Gasteiger partial charge on any atom is 0.329 e. The Morgan fingerprint density at radius 3 is 3.00 bits per heavy atom. The number of nitrogens with one attached hydrogen (secondary N) is 1. The van der Waals surface area contributed by atoms with E-state index in [1.807, 2.05) is 24.4 Å². The first kappa shape index (κ1) is 15.4. The summed E-state index contributed by atoms with van der Waals surface area (Å²) in [5.74, 6) is -0.493. The molecule has 4 nitrogen and oxygen atoms in total. The highest BCUT2D eigenvalue weighted by molar-refractivity contribution is 8.01. The van der Waals surface area contributed by atoms with Gasteiger partial charge in [0.15, 0.2) is 0 Å². The van der Waals surface area contributed by atoms with Gasteiger partial charge in [0.2, 0.25) is 5.91 Å². The highest BCUT2D eigenvalue weighted by atomic mass is 32.2. The van der Waals surface area contributed by atoms with Crippen LogP contribution in [-0.4, -0.2) is 28.3 Å². The third-order valence-corrected chi connectivity index (χ3v) is 5.76. The number of carboxylic acids is 1. The smallest absolute Gasteiger partial charge is 0.329 e. The second-order valence-corrected chi connectivity index (χ2v) is 7.58. The Kier molecular flexibility index (Phi) is 5.10. The zero-order chi connectivity index (χ0) is 14.6. The molecule has 1 saturated carbocycles. The number of rotatable bonds is 5. The average Bonchev–Trinajstić information content (AvgIpc) is 2.89. The van der Waals surface area contributed by atoms with Crippen LogP contribution in [0.5, 0.6) is 0 Å². The van der Waals surface area contributed by atoms with E-state index in [1.165, 1.54) is 11.8 Å². The van der Waals surface area contributed by atoms with E-state index in [4.69, 9.17) is 0 Å². The lowest BCUT2D eigenvalue weighted by Gasteiger charge is -2.37. The summed E-state index contributed by atoms with van der Waals surface area (Å²) in [6.07, 6.45) is 2.94. The van der Waals surface area contributed by atoms with Gasteiger partial charge in [-0.2, -0.15) is 0 Å². The number of carbonyl (C=O) groups excluding carboxylic acids is 1. The molecular formula is C14H19NO3S2. The van der Waals surface area contributed by atoms with Crippen molar-refractivity contribution in [2.75, 3.05) is 5.75 Å². The van der Waals surface area contributed by atoms with Crippen molar-refractivity contribution >= 4 is 35.0 Å². The number of aliphatic carboxylic acids is 1. The fraction of sp³-hybridized carbons (Fsp3) is 0.571. The molecule has 1 aliphatic carbocycles. The molecule has 0 bridgehead atoms. The van der Waals surface area contributed by atoms with Crippen LogP contribution in [0, 0.1) is 5.92 Å². The first-order valence-electron chi connectivity index (χ1n) is 6.72. The van der Waals surface area contributed by atoms with Gasteiger partial charge in [-0.3, -0.25) is 4.79 Å². The molecule has 0 radical (unpaired) electrons. The van der Waals surface area contributed by atoms with E-state index < -0.39 is 11.5 Å². The fourth-order valence-electron chi connectivity index (χ4n) is 2.70. The van der Waals surface area contributed by atoms with Crippen LogP contribution in [0.1, 0.15) is 32.6 Å². The zero-order valence-corrected chi connectivity index (χ0v) is 13.1. The molecule has 2 atom stereocenters. The molecule has 2 rings (SSSR count). The van der Waals surface area contributed by atoms with Crippen molar-refractivity contribution in [3.05, 3.63) is 17.5 Å². The second-order valence-electron chi connectivity index (χ2n) is 5.36. The zero-order valence-electron chi connectivity index (χ0n) is 11.4. The van der Waals surface area contributed by atoms with Gasteiger partial charge in [0, 0.05) is 0 Å². The third-order valence-electron chi connectivity index (χ3n) is 3.63. The van der Waals surface area contributed by atoms with Gasteiger partial charge in [-0.1, -0.05) is 25.8 Å². The minimum Gasteiger partial charge on any atom is -0.480 e. The summed E-state index contributed by atoms with van der Waals surface area (Å²) in [4.78, 5) is 23.6. The van der Waals surface area contributed by atoms with Crippen molar-refractivity contribution in [2.45, 2.75) is 42.4 Å². The van der Waals surface area contributed by atoms with E-state index in [0.717, 1.165) is 17.1 Å². The van der Waals surface area contributed by atoms with Crippen molar-refractivity contribution in [2.24, 2.45) is 5.92 Å². The molecule has 1 heterocycles. The third kappa shape index (κ3) is 3.76. The Morgan fingerprint density at radius 1 is 1.60 bits per heavy atom. The minimum absolute atomic E-state index is 0.195. The minimum atomic E-state index is -1.06. The van der Waals surface area contributed by atoms with Gasteiger partial charge in [0.25, 0.3) is 0 Å². The molecule has 0 saturated heterocycles. The summed E-state index contributed by atoms with van der Waals surface area (Å²) >= 11 is 3.03. The number of thiophene rings is 1. The number of carboxylic acid groups (broad SMARTS) is 1. The molecule has 0 spiro atoms. The second kappa shape index (κ2) is 6.63. The Balaban J connectivity index is 1.94. The summed E-state index contributed by atoms with van der Waals surface area (Å²) in [5.41, 5.74) is -1.06. The van der Waals surface area contributed by atoms with Gasteiger partial charge < -0.3 is 10.4 Å². The standard InChI is InChI=1S/C14H19NO3S2/c1-10-4-2-6-14(8-10,13(17)18)15-11(16)9-20-12-5-3-7-19-12/h3,5,7,10H,2,4,6,8-9H2,1H3,(H,15,16)(H,17,18). The van der Waals surface area contributed by atoms with E-state index in [2.05, 4.69) is 5.32 Å². The van der Waals surface area contributed by atoms with Crippen LogP contribution in [0.15, 0.2) is 21.7 Å². The molecule has 0 aliphatic heterocycles. The van der Waals surface area contributed by atoms with Gasteiger partial charge in [-0.05, 0) is 30.2 Å². The van der Waals surface area contributed by atoms with E-state index in [9.17, 15) is 14.7 Å². The summed E-state index contributed by atoms with van der Waals surface area (Å²) in [5, 5.41) is 14.2. The fourth-order valence-corrected chi connectivity index (χ4v) is 4.28. The number of carbonyl (C=O) groups is 2. The topological polar surface area (TPSA) is 66.4 Å². The van der Waals surface area contributed by atoms with E-state index >= 15 is 0 Å². The molecule has 2 unspecified atom stereocenters. The van der Waals surface area contributed by atoms with Crippen molar-refractivity contribution < 1.29 is 14.7 Å². The van der Waals surface area contributed by atoms with Crippen LogP contribution in [0.3, 0.4) is 0 Å². The Morgan fingerprint density at radius 2 is 2.40 bits per heavy atom. The quantitative estimate of drug-likeness (QED) is 0.820. The summed E-state index contributed by atoms with van der Waals surface area (Å²) in [6.45, 7) is 2.05. The number of thioether (sulfide) groups is 1. The molecule has 110 valence electrons. The molecule has 6 heteroatoms. The van der Waals surface area contributed by atoms with E-state index in [0.29, 0.717) is 18.8 Å². The summed E-state index contributed by atoms with van der Waals surface area (Å²) in [6, 6.07) is 3.89. The van der Waals surface area contributed by atoms with Crippen LogP contribution < -0.4 is 5.32 Å². The number of hydrogen-bond donors (Lipinski definition) is 2. The van der Waals surface area contributed by atoms with Crippen LogP contribution in [0.25, 0.3) is 0 Å². The van der Waals surface area contributed by atoms with Gasteiger partial charge in [0.1, 0.15) is 5.54 Å². The van der Waals surface area contributed by atoms with Crippen LogP contribution in [-0.2, 0) is 9.59 Å². The molecule has 1 aromatic heterocycles. The van der Waals surface area contributed by atoms with Gasteiger partial charge in [-0.15, -0.1) is 23.1 Å². The lowest BCUT2D eigenvalue weighted by Crippen LogP contribution is -2.57. The highest BCUT2D eigenvalue weighted by Crippen LogP contribution is 2.33. The first-order chi connectivity index (χ1) is 9.52. The Bertz CT molecular complexity index is 475. The normalized spacial score (nSPS) is 26.1. The number of amides is 1. The summed E-state index contributed by atoms with van der Waals surface area (Å²) < 4.78 is 1.07. The van der Waals surface area contributed by atoms with Gasteiger partial charge >= 0.3 is 5.97 Å². The van der Waals surface area contributed by atoms with E-state index in [-0.39, 0.29) is 11.7 Å². The van der Waals surface area contributed by atoms with Gasteiger partial charge in [-0.25, -0.2) is 4.79 Å². The van der Waals surface area contributed by atoms with E-state index in [1.54, 1.807) is 11.3 Å². The maximum atomic E-state index is 12.0. The van der Waals surface area contributed by atoms with Crippen molar-refractivity contribution in [3.63, 3.8) is 0 Å². The molecule has 0 aromatic carbocycles. The Labute approximate surface area is 127 Å². The lowest BCUT2D eigenvalue weighted by atomic mass is 9.76. The number of hydrogen-bond acceptors (Lipinski definition) is 4. The molecule has 2 N–H and O–H groups in total. The predicted octanol–water partition coefficient (Wildman–Crippen LogP) is 2.99. The molecule has 1 aliphatic rings. The molecule has 20 heavy (non-hydrogen) atoms. The SMILES string of the molecule is CC1CCCC(NC(=O)CSc2cccs2)(C(=O)O)C1. The van der Waals surface area contributed by atoms with Gasteiger partial charge in [0.05, 0.1) is 9.96 Å². The largest absolute Gasteiger partial charge is 0.480 e. The first-order valence-corrected chi connectivity index (χ1v) is 8.59. The van der Waals surface area contributed by atoms with Crippen LogP contribution in [0.2, 0.25) is 0 Å². The average molecular weight is 313 g/mol. The maximum absolute atomic E-state index is 12.0.